The molecule has 1 N–H and O–H groups in total. The zero-order chi connectivity index (χ0) is 19.6. The third-order valence-electron chi connectivity index (χ3n) is 5.62. The van der Waals surface area contributed by atoms with E-state index in [1.54, 1.807) is 0 Å². The minimum atomic E-state index is -0.202. The Morgan fingerprint density at radius 3 is 2.38 bits per heavy atom. The summed E-state index contributed by atoms with van der Waals surface area (Å²) in [5.41, 5.74) is 3.98. The lowest BCUT2D eigenvalue weighted by Gasteiger charge is -2.38. The summed E-state index contributed by atoms with van der Waals surface area (Å²) >= 11 is 0. The molecule has 5 rings (SSSR count). The first-order valence-electron chi connectivity index (χ1n) is 9.99. The molecule has 142 valence electrons. The maximum absolute atomic E-state index is 13.4. The number of fused-ring (bicyclic) bond motifs is 2. The molecule has 1 aliphatic rings. The molecule has 0 saturated heterocycles. The van der Waals surface area contributed by atoms with E-state index in [2.05, 4.69) is 53.8 Å². The molecule has 0 saturated carbocycles. The molecule has 4 aromatic rings. The van der Waals surface area contributed by atoms with E-state index < -0.39 is 0 Å². The number of anilines is 1. The van der Waals surface area contributed by atoms with Crippen molar-refractivity contribution in [3.8, 4) is 0 Å². The van der Waals surface area contributed by atoms with Crippen molar-refractivity contribution < 1.29 is 4.79 Å². The molecule has 0 aromatic heterocycles. The highest BCUT2D eigenvalue weighted by Crippen LogP contribution is 2.36. The van der Waals surface area contributed by atoms with Crippen molar-refractivity contribution in [2.45, 2.75) is 12.6 Å². The second kappa shape index (κ2) is 7.44. The minimum Gasteiger partial charge on any atom is -0.361 e. The van der Waals surface area contributed by atoms with Crippen molar-refractivity contribution in [1.82, 2.24) is 4.90 Å². The van der Waals surface area contributed by atoms with Gasteiger partial charge in [0.2, 0.25) is 0 Å². The summed E-state index contributed by atoms with van der Waals surface area (Å²) in [6, 6.07) is 32.8. The summed E-state index contributed by atoms with van der Waals surface area (Å²) in [5, 5.41) is 5.98. The fraction of sp³-hybridized carbons (Fsp3) is 0.115. The molecule has 1 amide bonds. The number of nitrogens with one attached hydrogen (secondary N) is 1. The van der Waals surface area contributed by atoms with E-state index in [9.17, 15) is 4.79 Å². The van der Waals surface area contributed by atoms with Gasteiger partial charge in [-0.05, 0) is 34.9 Å². The predicted molar refractivity (Wildman–Crippen MR) is 118 cm³/mol. The summed E-state index contributed by atoms with van der Waals surface area (Å²) in [7, 11) is 0. The zero-order valence-corrected chi connectivity index (χ0v) is 16.1. The molecule has 0 radical (unpaired) electrons. The maximum Gasteiger partial charge on any atom is 0.257 e. The van der Waals surface area contributed by atoms with Gasteiger partial charge in [-0.25, -0.2) is 0 Å². The Morgan fingerprint density at radius 2 is 1.48 bits per heavy atom. The van der Waals surface area contributed by atoms with Crippen LogP contribution in [-0.4, -0.2) is 17.4 Å². The fourth-order valence-corrected chi connectivity index (χ4v) is 4.15. The molecular formula is C26H22N2O. The molecule has 0 fully saturated rings. The van der Waals surface area contributed by atoms with E-state index >= 15 is 0 Å². The van der Waals surface area contributed by atoms with Crippen molar-refractivity contribution >= 4 is 22.4 Å². The van der Waals surface area contributed by atoms with Crippen molar-refractivity contribution in [2.24, 2.45) is 0 Å². The van der Waals surface area contributed by atoms with E-state index in [1.165, 1.54) is 16.3 Å². The Labute approximate surface area is 170 Å². The molecule has 0 bridgehead atoms. The Morgan fingerprint density at radius 1 is 0.759 bits per heavy atom. The third-order valence-corrected chi connectivity index (χ3v) is 5.62. The summed E-state index contributed by atoms with van der Waals surface area (Å²) in [6.07, 6.45) is 0.616. The van der Waals surface area contributed by atoms with Crippen molar-refractivity contribution in [3.63, 3.8) is 0 Å². The van der Waals surface area contributed by atoms with Crippen molar-refractivity contribution in [1.29, 1.82) is 0 Å². The first-order valence-corrected chi connectivity index (χ1v) is 9.99. The molecule has 1 atom stereocenters. The fourth-order valence-electron chi connectivity index (χ4n) is 4.15. The highest BCUT2D eigenvalue weighted by atomic mass is 16.2. The molecule has 1 aliphatic heterocycles. The predicted octanol–water partition coefficient (Wildman–Crippen LogP) is 5.65. The monoisotopic (exact) mass is 378 g/mol. The van der Waals surface area contributed by atoms with E-state index in [0.717, 1.165) is 23.2 Å². The van der Waals surface area contributed by atoms with Crippen LogP contribution in [0.2, 0.25) is 0 Å². The summed E-state index contributed by atoms with van der Waals surface area (Å²) in [4.78, 5) is 15.4. The van der Waals surface area contributed by atoms with E-state index in [0.29, 0.717) is 6.54 Å². The van der Waals surface area contributed by atoms with Crippen LogP contribution in [-0.2, 0) is 6.42 Å². The van der Waals surface area contributed by atoms with Crippen LogP contribution in [0.15, 0.2) is 97.1 Å². The van der Waals surface area contributed by atoms with Gasteiger partial charge in [0.1, 0.15) is 6.17 Å². The lowest BCUT2D eigenvalue weighted by Crippen LogP contribution is -2.44. The van der Waals surface area contributed by atoms with Crippen LogP contribution in [0.3, 0.4) is 0 Å². The molecular weight excluding hydrogens is 356 g/mol. The van der Waals surface area contributed by atoms with E-state index in [1.807, 2.05) is 53.4 Å². The van der Waals surface area contributed by atoms with E-state index in [-0.39, 0.29) is 12.1 Å². The van der Waals surface area contributed by atoms with Gasteiger partial charge in [0, 0.05) is 17.8 Å². The third kappa shape index (κ3) is 3.25. The number of rotatable bonds is 4. The SMILES string of the molecule is O=C1c2ccccc2N[C@H](c2cccc3ccccc23)N1CCc1ccccc1. The molecule has 1 heterocycles. The minimum absolute atomic E-state index is 0.0771. The van der Waals surface area contributed by atoms with Crippen LogP contribution in [0.5, 0.6) is 0 Å². The molecule has 3 heteroatoms. The number of hydrogen-bond donors (Lipinski definition) is 1. The van der Waals surface area contributed by atoms with Gasteiger partial charge >= 0.3 is 0 Å². The van der Waals surface area contributed by atoms with Gasteiger partial charge < -0.3 is 10.2 Å². The Balaban J connectivity index is 1.57. The molecule has 3 nitrogen and oxygen atoms in total. The number of nitrogens with zero attached hydrogens (tertiary/aromatic N) is 1. The van der Waals surface area contributed by atoms with Gasteiger partial charge in [-0.15, -0.1) is 0 Å². The second-order valence-corrected chi connectivity index (χ2v) is 7.39. The molecule has 0 spiro atoms. The number of carbonyl (C=O) groups excluding carboxylic acids is 1. The lowest BCUT2D eigenvalue weighted by molar-refractivity contribution is 0.0687. The lowest BCUT2D eigenvalue weighted by atomic mass is 9.98. The van der Waals surface area contributed by atoms with Gasteiger partial charge in [0.25, 0.3) is 5.91 Å². The van der Waals surface area contributed by atoms with Gasteiger partial charge in [-0.2, -0.15) is 0 Å². The van der Waals surface area contributed by atoms with Crippen LogP contribution in [0.4, 0.5) is 5.69 Å². The standard InChI is InChI=1S/C26H22N2O/c29-26-23-14-6-7-16-24(23)27-25(28(26)18-17-19-9-2-1-3-10-19)22-15-8-12-20-11-4-5-13-21(20)22/h1-16,25,27H,17-18H2/t25-/m0/s1. The number of benzene rings is 4. The van der Waals surface area contributed by atoms with Crippen LogP contribution in [0.1, 0.15) is 27.7 Å². The average Bonchev–Trinajstić information content (AvgIpc) is 2.79. The van der Waals surface area contributed by atoms with Gasteiger partial charge in [0.15, 0.2) is 0 Å². The smallest absolute Gasteiger partial charge is 0.257 e. The number of para-hydroxylation sites is 1. The maximum atomic E-state index is 13.4. The Hall–Kier alpha value is -3.59. The number of carbonyl (C=O) groups is 1. The molecule has 0 aliphatic carbocycles. The van der Waals surface area contributed by atoms with E-state index in [4.69, 9.17) is 0 Å². The zero-order valence-electron chi connectivity index (χ0n) is 16.1. The van der Waals surface area contributed by atoms with Crippen molar-refractivity contribution in [3.05, 3.63) is 114 Å². The highest BCUT2D eigenvalue weighted by molar-refractivity contribution is 6.02. The molecule has 0 unspecified atom stereocenters. The molecule has 29 heavy (non-hydrogen) atoms. The summed E-state index contributed by atoms with van der Waals surface area (Å²) in [6.45, 7) is 0.651. The highest BCUT2D eigenvalue weighted by Gasteiger charge is 2.33. The summed E-state index contributed by atoms with van der Waals surface area (Å²) in [5.74, 6) is 0.0771. The topological polar surface area (TPSA) is 32.3 Å². The van der Waals surface area contributed by atoms with Crippen LogP contribution < -0.4 is 5.32 Å². The van der Waals surface area contributed by atoms with Gasteiger partial charge in [-0.3, -0.25) is 4.79 Å². The van der Waals surface area contributed by atoms with Crippen LogP contribution in [0.25, 0.3) is 10.8 Å². The first kappa shape index (κ1) is 17.5. The van der Waals surface area contributed by atoms with Crippen LogP contribution >= 0.6 is 0 Å². The molecule has 4 aromatic carbocycles. The van der Waals surface area contributed by atoms with Crippen LogP contribution in [0, 0.1) is 0 Å². The quantitative estimate of drug-likeness (QED) is 0.498. The first-order chi connectivity index (χ1) is 14.3. The van der Waals surface area contributed by atoms with Gasteiger partial charge in [0.05, 0.1) is 5.56 Å². The second-order valence-electron chi connectivity index (χ2n) is 7.39. The summed E-state index contributed by atoms with van der Waals surface area (Å²) < 4.78 is 0. The Kier molecular flexibility index (Phi) is 4.49. The van der Waals surface area contributed by atoms with Crippen molar-refractivity contribution in [2.75, 3.05) is 11.9 Å². The Bertz CT molecular complexity index is 1160. The van der Waals surface area contributed by atoms with Gasteiger partial charge in [-0.1, -0.05) is 84.9 Å². The number of amides is 1. The average molecular weight is 378 g/mol. The number of hydrogen-bond acceptors (Lipinski definition) is 2. The normalized spacial score (nSPS) is 15.8. The largest absolute Gasteiger partial charge is 0.361 e.